The molecule has 27 heavy (non-hydrogen) atoms. The Bertz CT molecular complexity index is 579. The number of likely N-dealkylation sites (N-methyl/N-ethyl adjacent to an activating group) is 1. The van der Waals surface area contributed by atoms with Crippen LogP contribution in [0.4, 0.5) is 0 Å². The first kappa shape index (κ1) is 24.0. The highest BCUT2D eigenvalue weighted by molar-refractivity contribution is 14.0. The molecule has 0 spiro atoms. The summed E-state index contributed by atoms with van der Waals surface area (Å²) in [5, 5.41) is 6.74. The van der Waals surface area contributed by atoms with E-state index >= 15 is 0 Å². The van der Waals surface area contributed by atoms with Crippen LogP contribution in [-0.4, -0.2) is 64.9 Å². The maximum Gasteiger partial charge on any atom is 0.191 e. The Morgan fingerprint density at radius 3 is 2.70 bits per heavy atom. The van der Waals surface area contributed by atoms with Crippen molar-refractivity contribution in [2.75, 3.05) is 54.1 Å². The molecule has 154 valence electrons. The predicted molar refractivity (Wildman–Crippen MR) is 122 cm³/mol. The molecule has 0 aliphatic heterocycles. The largest absolute Gasteiger partial charge is 0.493 e. The number of guanidine groups is 1. The van der Waals surface area contributed by atoms with E-state index in [4.69, 9.17) is 9.47 Å². The van der Waals surface area contributed by atoms with Crippen LogP contribution in [0.1, 0.15) is 24.0 Å². The molecule has 0 unspecified atom stereocenters. The molecule has 0 saturated heterocycles. The zero-order valence-corrected chi connectivity index (χ0v) is 19.4. The van der Waals surface area contributed by atoms with E-state index in [0.717, 1.165) is 56.0 Å². The normalized spacial score (nSPS) is 14.0. The van der Waals surface area contributed by atoms with Crippen molar-refractivity contribution in [1.29, 1.82) is 0 Å². The van der Waals surface area contributed by atoms with Gasteiger partial charge in [-0.05, 0) is 44.4 Å². The van der Waals surface area contributed by atoms with Gasteiger partial charge in [0.1, 0.15) is 5.75 Å². The molecule has 2 N–H and O–H groups in total. The highest BCUT2D eigenvalue weighted by Crippen LogP contribution is 2.30. The van der Waals surface area contributed by atoms with Gasteiger partial charge < -0.3 is 25.0 Å². The van der Waals surface area contributed by atoms with Crippen molar-refractivity contribution in [3.63, 3.8) is 0 Å². The second kappa shape index (κ2) is 13.2. The highest BCUT2D eigenvalue weighted by atomic mass is 127. The molecule has 1 aliphatic carbocycles. The third kappa shape index (κ3) is 9.62. The molecule has 1 aromatic rings. The summed E-state index contributed by atoms with van der Waals surface area (Å²) >= 11 is 0. The fourth-order valence-electron chi connectivity index (χ4n) is 2.56. The molecule has 0 atom stereocenters. The van der Waals surface area contributed by atoms with Gasteiger partial charge in [-0.3, -0.25) is 4.99 Å². The molecule has 1 aromatic carbocycles. The summed E-state index contributed by atoms with van der Waals surface area (Å²) in [6.45, 7) is 7.07. The fourth-order valence-corrected chi connectivity index (χ4v) is 2.56. The zero-order valence-electron chi connectivity index (χ0n) is 17.1. The van der Waals surface area contributed by atoms with Crippen LogP contribution >= 0.6 is 24.0 Å². The molecule has 1 saturated carbocycles. The van der Waals surface area contributed by atoms with Crippen LogP contribution < -0.4 is 15.4 Å². The predicted octanol–water partition coefficient (Wildman–Crippen LogP) is 2.65. The summed E-state index contributed by atoms with van der Waals surface area (Å²) in [7, 11) is 5.61. The number of nitrogens with one attached hydrogen (secondary N) is 2. The molecule has 0 radical (unpaired) electrons. The van der Waals surface area contributed by atoms with Crippen molar-refractivity contribution < 1.29 is 9.47 Å². The zero-order chi connectivity index (χ0) is 18.8. The number of hydrogen-bond acceptors (Lipinski definition) is 4. The van der Waals surface area contributed by atoms with Crippen molar-refractivity contribution >= 4 is 29.9 Å². The molecule has 1 fully saturated rings. The van der Waals surface area contributed by atoms with Crippen LogP contribution in [0.25, 0.3) is 0 Å². The van der Waals surface area contributed by atoms with Crippen molar-refractivity contribution in [3.05, 3.63) is 29.3 Å². The summed E-state index contributed by atoms with van der Waals surface area (Å²) in [4.78, 5) is 6.53. The Morgan fingerprint density at radius 2 is 2.04 bits per heavy atom. The number of aliphatic imine (C=N–C) groups is 1. The van der Waals surface area contributed by atoms with Gasteiger partial charge in [-0.2, -0.15) is 0 Å². The minimum absolute atomic E-state index is 0. The third-order valence-electron chi connectivity index (χ3n) is 4.53. The molecule has 0 aromatic heterocycles. The van der Waals surface area contributed by atoms with E-state index in [-0.39, 0.29) is 24.0 Å². The summed E-state index contributed by atoms with van der Waals surface area (Å²) in [5.74, 6) is 2.54. The Balaban J connectivity index is 0.00000364. The summed E-state index contributed by atoms with van der Waals surface area (Å²) in [6.07, 6.45) is 2.60. The van der Waals surface area contributed by atoms with Gasteiger partial charge in [0, 0.05) is 45.9 Å². The first-order valence-corrected chi connectivity index (χ1v) is 9.46. The van der Waals surface area contributed by atoms with Crippen LogP contribution in [0.15, 0.2) is 23.2 Å². The first-order chi connectivity index (χ1) is 12.6. The van der Waals surface area contributed by atoms with Gasteiger partial charge in [-0.25, -0.2) is 0 Å². The smallest absolute Gasteiger partial charge is 0.191 e. The van der Waals surface area contributed by atoms with Crippen molar-refractivity contribution in [1.82, 2.24) is 15.5 Å². The van der Waals surface area contributed by atoms with Crippen LogP contribution in [0.5, 0.6) is 5.75 Å². The molecule has 0 heterocycles. The molecule has 1 aliphatic rings. The maximum atomic E-state index is 6.04. The minimum Gasteiger partial charge on any atom is -0.493 e. The summed E-state index contributed by atoms with van der Waals surface area (Å²) in [5.41, 5.74) is 2.39. The van der Waals surface area contributed by atoms with Gasteiger partial charge in [-0.15, -0.1) is 24.0 Å². The molecular weight excluding hydrogens is 455 g/mol. The first-order valence-electron chi connectivity index (χ1n) is 9.46. The van der Waals surface area contributed by atoms with Crippen LogP contribution in [0.3, 0.4) is 0 Å². The van der Waals surface area contributed by atoms with Gasteiger partial charge in [0.25, 0.3) is 0 Å². The van der Waals surface area contributed by atoms with Gasteiger partial charge in [0.05, 0.1) is 13.2 Å². The minimum atomic E-state index is 0. The Kier molecular flexibility index (Phi) is 11.7. The monoisotopic (exact) mass is 490 g/mol. The lowest BCUT2D eigenvalue weighted by molar-refractivity contribution is 0.162. The number of rotatable bonds is 11. The van der Waals surface area contributed by atoms with Crippen LogP contribution in [0.2, 0.25) is 0 Å². The maximum absolute atomic E-state index is 6.04. The second-order valence-electron chi connectivity index (χ2n) is 7.01. The number of nitrogens with zero attached hydrogens (tertiary/aromatic N) is 2. The molecule has 0 amide bonds. The van der Waals surface area contributed by atoms with Crippen molar-refractivity contribution in [2.24, 2.45) is 10.9 Å². The average molecular weight is 490 g/mol. The summed E-state index contributed by atoms with van der Waals surface area (Å²) in [6, 6.07) is 6.39. The van der Waals surface area contributed by atoms with E-state index in [1.807, 2.05) is 0 Å². The number of methoxy groups -OCH3 is 1. The lowest BCUT2D eigenvalue weighted by Crippen LogP contribution is -2.41. The van der Waals surface area contributed by atoms with Crippen LogP contribution in [-0.2, 0) is 11.3 Å². The second-order valence-corrected chi connectivity index (χ2v) is 7.01. The van der Waals surface area contributed by atoms with Crippen molar-refractivity contribution in [2.45, 2.75) is 26.3 Å². The van der Waals surface area contributed by atoms with E-state index in [0.29, 0.717) is 6.54 Å². The Labute approximate surface area is 181 Å². The third-order valence-corrected chi connectivity index (χ3v) is 4.53. The topological polar surface area (TPSA) is 58.1 Å². The molecule has 0 bridgehead atoms. The molecule has 6 nitrogen and oxygen atoms in total. The van der Waals surface area contributed by atoms with Gasteiger partial charge in [-0.1, -0.05) is 12.1 Å². The fraction of sp³-hybridized carbons (Fsp3) is 0.650. The lowest BCUT2D eigenvalue weighted by atomic mass is 10.1. The number of benzene rings is 1. The van der Waals surface area contributed by atoms with Gasteiger partial charge in [0.2, 0.25) is 0 Å². The molecule has 7 heteroatoms. The Hall–Kier alpha value is -1.06. The van der Waals surface area contributed by atoms with Crippen LogP contribution in [0, 0.1) is 12.8 Å². The van der Waals surface area contributed by atoms with Gasteiger partial charge >= 0.3 is 0 Å². The average Bonchev–Trinajstić information content (AvgIpc) is 3.46. The number of hydrogen-bond donors (Lipinski definition) is 2. The highest BCUT2D eigenvalue weighted by Gasteiger charge is 2.22. The molecular formula is C20H35IN4O2. The van der Waals surface area contributed by atoms with Crippen molar-refractivity contribution in [3.8, 4) is 5.75 Å². The SMILES string of the molecule is CN=C(NCCN(C)CCOC)NCc1ccc(C)cc1OCC1CC1.I. The quantitative estimate of drug-likeness (QED) is 0.284. The van der Waals surface area contributed by atoms with E-state index in [9.17, 15) is 0 Å². The van der Waals surface area contributed by atoms with E-state index in [1.165, 1.54) is 18.4 Å². The molecule has 2 rings (SSSR count). The number of ether oxygens (including phenoxy) is 2. The lowest BCUT2D eigenvalue weighted by Gasteiger charge is -2.18. The standard InChI is InChI=1S/C20H34N4O2.HI/c1-16-5-8-18(19(13-16)26-15-17-6-7-17)14-23-20(21-2)22-9-10-24(3)11-12-25-4;/h5,8,13,17H,6-7,9-12,14-15H2,1-4H3,(H2,21,22,23);1H. The summed E-state index contributed by atoms with van der Waals surface area (Å²) < 4.78 is 11.1. The number of aryl methyl sites for hydroxylation is 1. The van der Waals surface area contributed by atoms with E-state index in [1.54, 1.807) is 14.2 Å². The van der Waals surface area contributed by atoms with E-state index in [2.05, 4.69) is 52.7 Å². The van der Waals surface area contributed by atoms with E-state index < -0.39 is 0 Å². The Morgan fingerprint density at radius 1 is 1.26 bits per heavy atom. The number of halogens is 1. The van der Waals surface area contributed by atoms with Gasteiger partial charge in [0.15, 0.2) is 5.96 Å².